The van der Waals surface area contributed by atoms with E-state index in [-0.39, 0.29) is 6.10 Å². The lowest BCUT2D eigenvalue weighted by Gasteiger charge is -2.29. The standard InChI is InChI=1S/C14H20N4O/c15-10-12-4-6-17-14(9-12)16-5-2-8-18-7-1-3-13(19)11-18/h4,6,9,13,19H,1-3,5,7-8,11H2,(H,16,17)/t13-/m0/s1. The van der Waals surface area contributed by atoms with Gasteiger partial charge in [0.25, 0.3) is 0 Å². The molecule has 1 aromatic heterocycles. The first kappa shape index (κ1) is 13.8. The van der Waals surface area contributed by atoms with Crippen molar-refractivity contribution in [3.8, 4) is 6.07 Å². The monoisotopic (exact) mass is 260 g/mol. The number of aliphatic hydroxyl groups is 1. The summed E-state index contributed by atoms with van der Waals surface area (Å²) in [7, 11) is 0. The second kappa shape index (κ2) is 7.07. The van der Waals surface area contributed by atoms with Crippen molar-refractivity contribution in [2.24, 2.45) is 0 Å². The molecular formula is C14H20N4O. The number of hydrogen-bond acceptors (Lipinski definition) is 5. The first-order chi connectivity index (χ1) is 9.28. The van der Waals surface area contributed by atoms with Crippen LogP contribution in [0.2, 0.25) is 0 Å². The number of piperidine rings is 1. The average molecular weight is 260 g/mol. The Bertz CT molecular complexity index is 443. The van der Waals surface area contributed by atoms with E-state index >= 15 is 0 Å². The molecule has 0 aromatic carbocycles. The van der Waals surface area contributed by atoms with Crippen molar-refractivity contribution in [1.82, 2.24) is 9.88 Å². The number of pyridine rings is 1. The lowest BCUT2D eigenvalue weighted by Crippen LogP contribution is -2.39. The van der Waals surface area contributed by atoms with Gasteiger partial charge in [0.15, 0.2) is 0 Å². The van der Waals surface area contributed by atoms with Gasteiger partial charge in [-0.2, -0.15) is 5.26 Å². The maximum absolute atomic E-state index is 9.57. The zero-order valence-electron chi connectivity index (χ0n) is 11.0. The van der Waals surface area contributed by atoms with E-state index in [2.05, 4.69) is 21.3 Å². The Morgan fingerprint density at radius 1 is 1.58 bits per heavy atom. The molecule has 5 nitrogen and oxygen atoms in total. The van der Waals surface area contributed by atoms with Crippen molar-refractivity contribution in [2.45, 2.75) is 25.4 Å². The third kappa shape index (κ3) is 4.51. The first-order valence-electron chi connectivity index (χ1n) is 6.78. The quantitative estimate of drug-likeness (QED) is 0.779. The van der Waals surface area contributed by atoms with Crippen LogP contribution in [0.1, 0.15) is 24.8 Å². The number of nitrogens with one attached hydrogen (secondary N) is 1. The topological polar surface area (TPSA) is 72.2 Å². The van der Waals surface area contributed by atoms with E-state index < -0.39 is 0 Å². The smallest absolute Gasteiger partial charge is 0.127 e. The molecule has 0 aliphatic carbocycles. The van der Waals surface area contributed by atoms with E-state index in [0.29, 0.717) is 5.56 Å². The number of nitriles is 1. The van der Waals surface area contributed by atoms with Crippen LogP contribution in [-0.2, 0) is 0 Å². The largest absolute Gasteiger partial charge is 0.392 e. The second-order valence-corrected chi connectivity index (χ2v) is 4.92. The fourth-order valence-corrected chi connectivity index (χ4v) is 2.35. The number of β-amino-alcohol motifs (C(OH)–C–C–N with tert-alkyl or cyclic N) is 1. The van der Waals surface area contributed by atoms with Crippen LogP contribution < -0.4 is 5.32 Å². The van der Waals surface area contributed by atoms with Crippen molar-refractivity contribution in [1.29, 1.82) is 5.26 Å². The molecule has 1 aromatic rings. The second-order valence-electron chi connectivity index (χ2n) is 4.92. The summed E-state index contributed by atoms with van der Waals surface area (Å²) in [6.07, 6.45) is 4.50. The predicted molar refractivity (Wildman–Crippen MR) is 73.7 cm³/mol. The zero-order valence-corrected chi connectivity index (χ0v) is 11.0. The molecule has 102 valence electrons. The Hall–Kier alpha value is -1.64. The van der Waals surface area contributed by atoms with Crippen LogP contribution in [0, 0.1) is 11.3 Å². The summed E-state index contributed by atoms with van der Waals surface area (Å²) < 4.78 is 0. The SMILES string of the molecule is N#Cc1ccnc(NCCCN2CCC[C@H](O)C2)c1. The van der Waals surface area contributed by atoms with E-state index in [9.17, 15) is 5.11 Å². The van der Waals surface area contributed by atoms with Crippen LogP contribution >= 0.6 is 0 Å². The molecule has 0 saturated carbocycles. The molecule has 1 fully saturated rings. The highest BCUT2D eigenvalue weighted by atomic mass is 16.3. The van der Waals surface area contributed by atoms with E-state index in [0.717, 1.165) is 51.3 Å². The van der Waals surface area contributed by atoms with Gasteiger partial charge in [0.2, 0.25) is 0 Å². The Labute approximate surface area is 113 Å². The lowest BCUT2D eigenvalue weighted by molar-refractivity contribution is 0.0706. The number of hydrogen-bond donors (Lipinski definition) is 2. The number of anilines is 1. The summed E-state index contributed by atoms with van der Waals surface area (Å²) in [6.45, 7) is 3.69. The Balaban J connectivity index is 1.67. The van der Waals surface area contributed by atoms with Gasteiger partial charge >= 0.3 is 0 Å². The molecule has 2 heterocycles. The number of aromatic nitrogens is 1. The summed E-state index contributed by atoms with van der Waals surface area (Å²) in [5.74, 6) is 0.748. The summed E-state index contributed by atoms with van der Waals surface area (Å²) >= 11 is 0. The summed E-state index contributed by atoms with van der Waals surface area (Å²) in [5, 5.41) is 21.6. The molecule has 2 rings (SSSR count). The fraction of sp³-hybridized carbons (Fsp3) is 0.571. The van der Waals surface area contributed by atoms with Gasteiger partial charge in [0.05, 0.1) is 17.7 Å². The third-order valence-electron chi connectivity index (χ3n) is 3.33. The minimum atomic E-state index is -0.157. The van der Waals surface area contributed by atoms with Crippen LogP contribution in [0.15, 0.2) is 18.3 Å². The van der Waals surface area contributed by atoms with E-state index in [1.807, 2.05) is 0 Å². The highest BCUT2D eigenvalue weighted by Gasteiger charge is 2.16. The van der Waals surface area contributed by atoms with Gasteiger partial charge < -0.3 is 15.3 Å². The van der Waals surface area contributed by atoms with Crippen molar-refractivity contribution in [3.63, 3.8) is 0 Å². The van der Waals surface area contributed by atoms with Gasteiger partial charge in [0.1, 0.15) is 5.82 Å². The zero-order chi connectivity index (χ0) is 13.5. The van der Waals surface area contributed by atoms with Crippen LogP contribution in [-0.4, -0.2) is 47.3 Å². The van der Waals surface area contributed by atoms with Crippen molar-refractivity contribution in [3.05, 3.63) is 23.9 Å². The maximum Gasteiger partial charge on any atom is 0.127 e. The third-order valence-corrected chi connectivity index (χ3v) is 3.33. The molecule has 1 saturated heterocycles. The summed E-state index contributed by atoms with van der Waals surface area (Å²) in [4.78, 5) is 6.47. The lowest BCUT2D eigenvalue weighted by atomic mass is 10.1. The van der Waals surface area contributed by atoms with Gasteiger partial charge in [0, 0.05) is 19.3 Å². The average Bonchev–Trinajstić information content (AvgIpc) is 2.44. The first-order valence-corrected chi connectivity index (χ1v) is 6.78. The van der Waals surface area contributed by atoms with Gasteiger partial charge in [-0.15, -0.1) is 0 Å². The molecule has 0 bridgehead atoms. The molecule has 0 spiro atoms. The van der Waals surface area contributed by atoms with Gasteiger partial charge in [-0.25, -0.2) is 4.98 Å². The van der Waals surface area contributed by atoms with Crippen LogP contribution in [0.25, 0.3) is 0 Å². The van der Waals surface area contributed by atoms with Gasteiger partial charge in [-0.3, -0.25) is 0 Å². The van der Waals surface area contributed by atoms with E-state index in [4.69, 9.17) is 5.26 Å². The minimum Gasteiger partial charge on any atom is -0.392 e. The maximum atomic E-state index is 9.57. The molecule has 2 N–H and O–H groups in total. The number of rotatable bonds is 5. The molecule has 1 atom stereocenters. The molecule has 1 aliphatic rings. The number of aliphatic hydroxyl groups excluding tert-OH is 1. The highest BCUT2D eigenvalue weighted by Crippen LogP contribution is 2.10. The predicted octanol–water partition coefficient (Wildman–Crippen LogP) is 1.21. The van der Waals surface area contributed by atoms with Gasteiger partial charge in [-0.05, 0) is 44.5 Å². The van der Waals surface area contributed by atoms with Crippen molar-refractivity contribution < 1.29 is 5.11 Å². The number of nitrogens with zero attached hydrogens (tertiary/aromatic N) is 3. The molecule has 1 aliphatic heterocycles. The highest BCUT2D eigenvalue weighted by molar-refractivity contribution is 5.42. The Kier molecular flexibility index (Phi) is 5.13. The fourth-order valence-electron chi connectivity index (χ4n) is 2.35. The normalized spacial score (nSPS) is 19.9. The van der Waals surface area contributed by atoms with Crippen LogP contribution in [0.5, 0.6) is 0 Å². The van der Waals surface area contributed by atoms with Gasteiger partial charge in [-0.1, -0.05) is 0 Å². The molecule has 5 heteroatoms. The van der Waals surface area contributed by atoms with Crippen molar-refractivity contribution in [2.75, 3.05) is 31.5 Å². The van der Waals surface area contributed by atoms with E-state index in [1.165, 1.54) is 0 Å². The van der Waals surface area contributed by atoms with Crippen LogP contribution in [0.4, 0.5) is 5.82 Å². The van der Waals surface area contributed by atoms with Crippen molar-refractivity contribution >= 4 is 5.82 Å². The molecule has 19 heavy (non-hydrogen) atoms. The molecule has 0 amide bonds. The summed E-state index contributed by atoms with van der Waals surface area (Å²) in [6, 6.07) is 5.55. The molecule has 0 radical (unpaired) electrons. The minimum absolute atomic E-state index is 0.157. The Morgan fingerprint density at radius 3 is 3.26 bits per heavy atom. The molecule has 0 unspecified atom stereocenters. The molecular weight excluding hydrogens is 240 g/mol. The van der Waals surface area contributed by atoms with Crippen LogP contribution in [0.3, 0.4) is 0 Å². The Morgan fingerprint density at radius 2 is 2.47 bits per heavy atom. The number of likely N-dealkylation sites (tertiary alicyclic amines) is 1. The van der Waals surface area contributed by atoms with E-state index in [1.54, 1.807) is 18.3 Å². The summed E-state index contributed by atoms with van der Waals surface area (Å²) in [5.41, 5.74) is 0.622.